The highest BCUT2D eigenvalue weighted by molar-refractivity contribution is 6.28. The van der Waals surface area contributed by atoms with E-state index < -0.39 is 0 Å². The maximum absolute atomic E-state index is 12.2. The number of fused-ring (bicyclic) bond motifs is 1. The van der Waals surface area contributed by atoms with Crippen molar-refractivity contribution in [1.29, 1.82) is 0 Å². The second-order valence-electron chi connectivity index (χ2n) is 4.28. The topological polar surface area (TPSA) is 52.7 Å². The van der Waals surface area contributed by atoms with E-state index in [9.17, 15) is 4.79 Å². The SMILES string of the molecule is Cn1c(Cl)nc2ncn(Cc3ccccc3)c2c1=O. The molecule has 0 radical (unpaired) electrons. The third-order valence-electron chi connectivity index (χ3n) is 3.00. The third kappa shape index (κ3) is 2.02. The Morgan fingerprint density at radius 1 is 1.26 bits per heavy atom. The molecule has 0 amide bonds. The van der Waals surface area contributed by atoms with E-state index in [1.807, 2.05) is 30.3 Å². The Morgan fingerprint density at radius 2 is 2.00 bits per heavy atom. The summed E-state index contributed by atoms with van der Waals surface area (Å²) < 4.78 is 3.10. The quantitative estimate of drug-likeness (QED) is 0.670. The maximum Gasteiger partial charge on any atom is 0.280 e. The summed E-state index contributed by atoms with van der Waals surface area (Å²) in [6.07, 6.45) is 1.61. The Bertz CT molecular complexity index is 792. The molecular formula is C13H11ClN4O. The van der Waals surface area contributed by atoms with E-state index in [1.54, 1.807) is 17.9 Å². The van der Waals surface area contributed by atoms with Crippen molar-refractivity contribution in [2.24, 2.45) is 7.05 Å². The van der Waals surface area contributed by atoms with Gasteiger partial charge in [-0.3, -0.25) is 9.36 Å². The van der Waals surface area contributed by atoms with Gasteiger partial charge in [0.25, 0.3) is 5.56 Å². The Hall–Kier alpha value is -2.14. The maximum atomic E-state index is 12.2. The Balaban J connectivity index is 2.16. The van der Waals surface area contributed by atoms with Gasteiger partial charge in [0.15, 0.2) is 11.2 Å². The normalized spacial score (nSPS) is 11.1. The smallest absolute Gasteiger partial charge is 0.280 e. The summed E-state index contributed by atoms with van der Waals surface area (Å²) in [5, 5.41) is 0.141. The van der Waals surface area contributed by atoms with Crippen molar-refractivity contribution in [2.45, 2.75) is 6.54 Å². The first-order chi connectivity index (χ1) is 9.16. The van der Waals surface area contributed by atoms with E-state index in [0.29, 0.717) is 17.7 Å². The molecule has 6 heteroatoms. The molecule has 3 rings (SSSR count). The number of aromatic nitrogens is 4. The highest BCUT2D eigenvalue weighted by Gasteiger charge is 2.12. The van der Waals surface area contributed by atoms with Crippen LogP contribution in [0.2, 0.25) is 5.28 Å². The zero-order valence-corrected chi connectivity index (χ0v) is 11.0. The number of imidazole rings is 1. The van der Waals surface area contributed by atoms with Gasteiger partial charge in [-0.2, -0.15) is 4.98 Å². The van der Waals surface area contributed by atoms with Crippen molar-refractivity contribution in [1.82, 2.24) is 19.1 Å². The summed E-state index contributed by atoms with van der Waals surface area (Å²) in [6.45, 7) is 0.579. The van der Waals surface area contributed by atoms with Gasteiger partial charge in [0.1, 0.15) is 0 Å². The average molecular weight is 275 g/mol. The molecule has 0 saturated heterocycles. The molecule has 0 saturated carbocycles. The van der Waals surface area contributed by atoms with E-state index >= 15 is 0 Å². The highest BCUT2D eigenvalue weighted by Crippen LogP contribution is 2.11. The number of rotatable bonds is 2. The minimum absolute atomic E-state index is 0.141. The van der Waals surface area contributed by atoms with E-state index in [0.717, 1.165) is 5.56 Å². The fraction of sp³-hybridized carbons (Fsp3) is 0.154. The van der Waals surface area contributed by atoms with Crippen LogP contribution >= 0.6 is 11.6 Å². The monoisotopic (exact) mass is 274 g/mol. The molecule has 0 fully saturated rings. The Labute approximate surface area is 114 Å². The van der Waals surface area contributed by atoms with Crippen molar-refractivity contribution in [3.63, 3.8) is 0 Å². The molecule has 1 aromatic carbocycles. The van der Waals surface area contributed by atoms with E-state index in [1.165, 1.54) is 4.57 Å². The first-order valence-corrected chi connectivity index (χ1v) is 6.16. The molecule has 0 aliphatic carbocycles. The third-order valence-corrected chi connectivity index (χ3v) is 3.33. The van der Waals surface area contributed by atoms with Crippen LogP contribution in [-0.2, 0) is 13.6 Å². The van der Waals surface area contributed by atoms with Crippen LogP contribution < -0.4 is 5.56 Å². The summed E-state index contributed by atoms with van der Waals surface area (Å²) in [6, 6.07) is 9.87. The first kappa shape index (κ1) is 11.9. The van der Waals surface area contributed by atoms with Crippen LogP contribution in [0.3, 0.4) is 0 Å². The molecule has 0 aliphatic rings. The molecule has 2 heterocycles. The summed E-state index contributed by atoms with van der Waals surface area (Å²) in [5.74, 6) is 0. The molecule has 0 atom stereocenters. The minimum atomic E-state index is -0.191. The number of halogens is 1. The largest absolute Gasteiger partial charge is 0.320 e. The summed E-state index contributed by atoms with van der Waals surface area (Å²) in [5.41, 5.74) is 1.75. The lowest BCUT2D eigenvalue weighted by molar-refractivity contribution is 0.794. The van der Waals surface area contributed by atoms with Gasteiger partial charge in [-0.1, -0.05) is 30.3 Å². The molecule has 5 nitrogen and oxygen atoms in total. The summed E-state index contributed by atoms with van der Waals surface area (Å²) in [7, 11) is 1.59. The number of hydrogen-bond acceptors (Lipinski definition) is 3. The van der Waals surface area contributed by atoms with Crippen LogP contribution in [0.1, 0.15) is 5.56 Å². The summed E-state index contributed by atoms with van der Waals surface area (Å²) >= 11 is 5.86. The van der Waals surface area contributed by atoms with Crippen LogP contribution in [0.5, 0.6) is 0 Å². The van der Waals surface area contributed by atoms with Gasteiger partial charge < -0.3 is 4.57 Å². The average Bonchev–Trinajstić information content (AvgIpc) is 2.80. The number of hydrogen-bond donors (Lipinski definition) is 0. The lowest BCUT2D eigenvalue weighted by Gasteiger charge is -2.05. The van der Waals surface area contributed by atoms with Crippen molar-refractivity contribution in [3.8, 4) is 0 Å². The lowest BCUT2D eigenvalue weighted by Crippen LogP contribution is -2.21. The van der Waals surface area contributed by atoms with Crippen LogP contribution in [0.15, 0.2) is 41.5 Å². The highest BCUT2D eigenvalue weighted by atomic mass is 35.5. The van der Waals surface area contributed by atoms with E-state index in [-0.39, 0.29) is 10.8 Å². The molecule has 0 bridgehead atoms. The van der Waals surface area contributed by atoms with Crippen molar-refractivity contribution in [2.75, 3.05) is 0 Å². The predicted molar refractivity (Wildman–Crippen MR) is 73.3 cm³/mol. The zero-order valence-electron chi connectivity index (χ0n) is 10.2. The zero-order chi connectivity index (χ0) is 13.4. The van der Waals surface area contributed by atoms with Crippen LogP contribution in [0.25, 0.3) is 11.2 Å². The van der Waals surface area contributed by atoms with Gasteiger partial charge in [-0.05, 0) is 17.2 Å². The summed E-state index contributed by atoms with van der Waals surface area (Å²) in [4.78, 5) is 20.4. The molecular weight excluding hydrogens is 264 g/mol. The van der Waals surface area contributed by atoms with Gasteiger partial charge in [-0.15, -0.1) is 0 Å². The predicted octanol–water partition coefficient (Wildman–Crippen LogP) is 1.83. The minimum Gasteiger partial charge on any atom is -0.320 e. The molecule has 0 unspecified atom stereocenters. The van der Waals surface area contributed by atoms with Gasteiger partial charge in [-0.25, -0.2) is 4.98 Å². The molecule has 0 aliphatic heterocycles. The first-order valence-electron chi connectivity index (χ1n) is 5.78. The number of benzene rings is 1. The Kier molecular flexibility index (Phi) is 2.83. The molecule has 19 heavy (non-hydrogen) atoms. The van der Waals surface area contributed by atoms with Crippen molar-refractivity contribution >= 4 is 22.8 Å². The van der Waals surface area contributed by atoms with Gasteiger partial charge >= 0.3 is 0 Å². The molecule has 0 N–H and O–H groups in total. The fourth-order valence-electron chi connectivity index (χ4n) is 1.98. The van der Waals surface area contributed by atoms with Gasteiger partial charge in [0.2, 0.25) is 5.28 Å². The van der Waals surface area contributed by atoms with Crippen LogP contribution in [0.4, 0.5) is 0 Å². The molecule has 2 aromatic heterocycles. The second kappa shape index (κ2) is 4.51. The van der Waals surface area contributed by atoms with Crippen LogP contribution in [-0.4, -0.2) is 19.1 Å². The Morgan fingerprint density at radius 3 is 2.74 bits per heavy atom. The van der Waals surface area contributed by atoms with Crippen molar-refractivity contribution in [3.05, 3.63) is 57.9 Å². The van der Waals surface area contributed by atoms with Crippen molar-refractivity contribution < 1.29 is 0 Å². The van der Waals surface area contributed by atoms with Gasteiger partial charge in [0.05, 0.1) is 6.33 Å². The number of nitrogens with zero attached hydrogens (tertiary/aromatic N) is 4. The van der Waals surface area contributed by atoms with E-state index in [4.69, 9.17) is 11.6 Å². The van der Waals surface area contributed by atoms with E-state index in [2.05, 4.69) is 9.97 Å². The standard InChI is InChI=1S/C13H11ClN4O/c1-17-12(19)10-11(16-13(17)14)15-8-18(10)7-9-5-3-2-4-6-9/h2-6,8H,7H2,1H3. The molecule has 96 valence electrons. The van der Waals surface area contributed by atoms with Crippen LogP contribution in [0, 0.1) is 0 Å². The lowest BCUT2D eigenvalue weighted by atomic mass is 10.2. The molecule has 0 spiro atoms. The second-order valence-corrected chi connectivity index (χ2v) is 4.61. The fourth-order valence-corrected chi connectivity index (χ4v) is 2.13. The molecule has 3 aromatic rings. The van der Waals surface area contributed by atoms with Gasteiger partial charge in [0, 0.05) is 13.6 Å².